The lowest BCUT2D eigenvalue weighted by atomic mass is 10.1. The normalized spacial score (nSPS) is 11.5. The van der Waals surface area contributed by atoms with Crippen molar-refractivity contribution in [1.29, 1.82) is 0 Å². The Morgan fingerprint density at radius 2 is 1.57 bits per heavy atom. The standard InChI is InChI=1S/C22H22N2O4/c1-14-13-20(15(2)27-14)22(26)24-23-21(25)16(3)28-19-11-9-18(10-12-19)17-7-5-4-6-8-17/h4-13,16H,1-3H3,(H,23,25)(H,24,26). The molecule has 1 atom stereocenters. The molecule has 0 saturated heterocycles. The van der Waals surface area contributed by atoms with Gasteiger partial charge in [0.1, 0.15) is 17.3 Å². The molecule has 1 unspecified atom stereocenters. The molecule has 0 spiro atoms. The zero-order valence-electron chi connectivity index (χ0n) is 16.0. The second kappa shape index (κ2) is 8.43. The average molecular weight is 378 g/mol. The number of benzene rings is 2. The van der Waals surface area contributed by atoms with Gasteiger partial charge < -0.3 is 9.15 Å². The zero-order valence-corrected chi connectivity index (χ0v) is 16.0. The highest BCUT2D eigenvalue weighted by molar-refractivity contribution is 5.96. The molecule has 2 amide bonds. The summed E-state index contributed by atoms with van der Waals surface area (Å²) in [4.78, 5) is 24.3. The van der Waals surface area contributed by atoms with Gasteiger partial charge in [0.2, 0.25) is 0 Å². The van der Waals surface area contributed by atoms with Gasteiger partial charge in [-0.3, -0.25) is 20.4 Å². The van der Waals surface area contributed by atoms with E-state index in [0.717, 1.165) is 11.1 Å². The van der Waals surface area contributed by atoms with Gasteiger partial charge in [0, 0.05) is 0 Å². The molecular weight excluding hydrogens is 356 g/mol. The molecular formula is C22H22N2O4. The first kappa shape index (κ1) is 19.2. The highest BCUT2D eigenvalue weighted by Gasteiger charge is 2.18. The molecule has 0 bridgehead atoms. The fourth-order valence-electron chi connectivity index (χ4n) is 2.76. The number of aryl methyl sites for hydroxylation is 2. The molecule has 28 heavy (non-hydrogen) atoms. The molecule has 0 aliphatic rings. The molecule has 0 aliphatic heterocycles. The summed E-state index contributed by atoms with van der Waals surface area (Å²) in [5, 5.41) is 0. The van der Waals surface area contributed by atoms with Crippen LogP contribution in [0.1, 0.15) is 28.8 Å². The van der Waals surface area contributed by atoms with Crippen LogP contribution in [0.15, 0.2) is 65.1 Å². The van der Waals surface area contributed by atoms with Gasteiger partial charge in [-0.2, -0.15) is 0 Å². The summed E-state index contributed by atoms with van der Waals surface area (Å²) in [6.45, 7) is 5.05. The van der Waals surface area contributed by atoms with Crippen LogP contribution in [-0.4, -0.2) is 17.9 Å². The second-order valence-corrected chi connectivity index (χ2v) is 6.42. The molecule has 0 fully saturated rings. The number of rotatable bonds is 5. The Morgan fingerprint density at radius 3 is 2.18 bits per heavy atom. The van der Waals surface area contributed by atoms with E-state index < -0.39 is 17.9 Å². The van der Waals surface area contributed by atoms with Crippen LogP contribution in [0.2, 0.25) is 0 Å². The van der Waals surface area contributed by atoms with Crippen LogP contribution in [0.4, 0.5) is 0 Å². The minimum Gasteiger partial charge on any atom is -0.481 e. The maximum absolute atomic E-state index is 12.2. The minimum absolute atomic E-state index is 0.378. The Morgan fingerprint density at radius 1 is 0.929 bits per heavy atom. The number of hydrogen-bond acceptors (Lipinski definition) is 4. The molecule has 6 nitrogen and oxygen atoms in total. The summed E-state index contributed by atoms with van der Waals surface area (Å²) < 4.78 is 11.0. The van der Waals surface area contributed by atoms with Gasteiger partial charge in [-0.05, 0) is 50.1 Å². The molecule has 0 aliphatic carbocycles. The molecule has 2 N–H and O–H groups in total. The fraction of sp³-hybridized carbons (Fsp3) is 0.182. The molecule has 6 heteroatoms. The summed E-state index contributed by atoms with van der Waals surface area (Å²) in [7, 11) is 0. The van der Waals surface area contributed by atoms with Gasteiger partial charge in [0.05, 0.1) is 5.56 Å². The van der Waals surface area contributed by atoms with Gasteiger partial charge in [-0.1, -0.05) is 42.5 Å². The number of ether oxygens (including phenoxy) is 1. The van der Waals surface area contributed by atoms with Crippen molar-refractivity contribution in [2.45, 2.75) is 26.9 Å². The van der Waals surface area contributed by atoms with E-state index >= 15 is 0 Å². The van der Waals surface area contributed by atoms with Gasteiger partial charge in [0.25, 0.3) is 11.8 Å². The largest absolute Gasteiger partial charge is 0.481 e. The maximum atomic E-state index is 12.2. The predicted molar refractivity (Wildman–Crippen MR) is 106 cm³/mol. The van der Waals surface area contributed by atoms with Crippen molar-refractivity contribution in [3.8, 4) is 16.9 Å². The van der Waals surface area contributed by atoms with Gasteiger partial charge in [-0.15, -0.1) is 0 Å². The van der Waals surface area contributed by atoms with E-state index in [1.807, 2.05) is 54.6 Å². The number of hydrazine groups is 1. The van der Waals surface area contributed by atoms with Crippen molar-refractivity contribution in [1.82, 2.24) is 10.9 Å². The summed E-state index contributed by atoms with van der Waals surface area (Å²) in [6, 6.07) is 19.1. The molecule has 2 aromatic carbocycles. The van der Waals surface area contributed by atoms with Gasteiger partial charge in [-0.25, -0.2) is 0 Å². The summed E-state index contributed by atoms with van der Waals surface area (Å²) in [5.74, 6) is 0.784. The van der Waals surface area contributed by atoms with E-state index in [9.17, 15) is 9.59 Å². The number of amides is 2. The van der Waals surface area contributed by atoms with Crippen LogP contribution in [-0.2, 0) is 4.79 Å². The Balaban J connectivity index is 1.54. The van der Waals surface area contributed by atoms with E-state index in [2.05, 4.69) is 10.9 Å². The summed E-state index contributed by atoms with van der Waals surface area (Å²) in [5.41, 5.74) is 7.28. The van der Waals surface area contributed by atoms with Crippen LogP contribution in [0.5, 0.6) is 5.75 Å². The van der Waals surface area contributed by atoms with Crippen molar-refractivity contribution in [3.05, 3.63) is 77.7 Å². The smallest absolute Gasteiger partial charge is 0.279 e. The predicted octanol–water partition coefficient (Wildman–Crippen LogP) is 3.79. The lowest BCUT2D eigenvalue weighted by Gasteiger charge is -2.15. The third-order valence-corrected chi connectivity index (χ3v) is 4.23. The monoisotopic (exact) mass is 378 g/mol. The van der Waals surface area contributed by atoms with Crippen molar-refractivity contribution < 1.29 is 18.7 Å². The van der Waals surface area contributed by atoms with E-state index in [1.165, 1.54) is 0 Å². The number of carbonyl (C=O) groups excluding carboxylic acids is 2. The fourth-order valence-corrected chi connectivity index (χ4v) is 2.76. The Labute approximate surface area is 163 Å². The molecule has 144 valence electrons. The van der Waals surface area contributed by atoms with Crippen molar-refractivity contribution in [2.75, 3.05) is 0 Å². The van der Waals surface area contributed by atoms with Crippen molar-refractivity contribution >= 4 is 11.8 Å². The number of nitrogens with one attached hydrogen (secondary N) is 2. The molecule has 3 rings (SSSR count). The minimum atomic E-state index is -0.782. The first-order valence-corrected chi connectivity index (χ1v) is 8.93. The third kappa shape index (κ3) is 4.59. The molecule has 0 saturated carbocycles. The van der Waals surface area contributed by atoms with E-state index in [-0.39, 0.29) is 0 Å². The van der Waals surface area contributed by atoms with Crippen LogP contribution in [0.3, 0.4) is 0 Å². The van der Waals surface area contributed by atoms with E-state index in [4.69, 9.17) is 9.15 Å². The average Bonchev–Trinajstić information content (AvgIpc) is 3.05. The highest BCUT2D eigenvalue weighted by Crippen LogP contribution is 2.22. The zero-order chi connectivity index (χ0) is 20.1. The summed E-state index contributed by atoms with van der Waals surface area (Å²) >= 11 is 0. The topological polar surface area (TPSA) is 80.6 Å². The molecule has 3 aromatic rings. The number of furan rings is 1. The quantitative estimate of drug-likeness (QED) is 0.662. The van der Waals surface area contributed by atoms with E-state index in [0.29, 0.717) is 22.8 Å². The number of carbonyl (C=O) groups is 2. The lowest BCUT2D eigenvalue weighted by molar-refractivity contribution is -0.128. The number of hydrogen-bond donors (Lipinski definition) is 2. The maximum Gasteiger partial charge on any atom is 0.279 e. The third-order valence-electron chi connectivity index (χ3n) is 4.23. The highest BCUT2D eigenvalue weighted by atomic mass is 16.5. The van der Waals surface area contributed by atoms with Gasteiger partial charge >= 0.3 is 0 Å². The second-order valence-electron chi connectivity index (χ2n) is 6.42. The molecule has 1 aromatic heterocycles. The van der Waals surface area contributed by atoms with Crippen LogP contribution < -0.4 is 15.6 Å². The Hall–Kier alpha value is -3.54. The Bertz CT molecular complexity index is 962. The van der Waals surface area contributed by atoms with Crippen LogP contribution in [0.25, 0.3) is 11.1 Å². The van der Waals surface area contributed by atoms with Crippen LogP contribution in [0, 0.1) is 13.8 Å². The van der Waals surface area contributed by atoms with Crippen molar-refractivity contribution in [3.63, 3.8) is 0 Å². The summed E-state index contributed by atoms with van der Waals surface area (Å²) in [6.07, 6.45) is -0.782. The van der Waals surface area contributed by atoms with E-state index in [1.54, 1.807) is 26.8 Å². The molecule has 0 radical (unpaired) electrons. The molecule has 1 heterocycles. The lowest BCUT2D eigenvalue weighted by Crippen LogP contribution is -2.47. The first-order chi connectivity index (χ1) is 13.4. The Kier molecular flexibility index (Phi) is 5.79. The SMILES string of the molecule is Cc1cc(C(=O)NNC(=O)C(C)Oc2ccc(-c3ccccc3)cc2)c(C)o1. The van der Waals surface area contributed by atoms with Crippen molar-refractivity contribution in [2.24, 2.45) is 0 Å². The van der Waals surface area contributed by atoms with Crippen LogP contribution >= 0.6 is 0 Å². The first-order valence-electron chi connectivity index (χ1n) is 8.93. The van der Waals surface area contributed by atoms with Gasteiger partial charge in [0.15, 0.2) is 6.10 Å².